The van der Waals surface area contributed by atoms with Crippen molar-refractivity contribution >= 4 is 23.2 Å². The number of hydrogen-bond acceptors (Lipinski definition) is 3. The first-order valence-electron chi connectivity index (χ1n) is 9.37. The van der Waals surface area contributed by atoms with Gasteiger partial charge in [0.1, 0.15) is 0 Å². The van der Waals surface area contributed by atoms with Crippen LogP contribution in [0, 0.1) is 18.8 Å². The van der Waals surface area contributed by atoms with Gasteiger partial charge in [0.15, 0.2) is 0 Å². The second-order valence-electron chi connectivity index (χ2n) is 7.70. The Labute approximate surface area is 150 Å². The lowest BCUT2D eigenvalue weighted by Gasteiger charge is -2.35. The minimum Gasteiger partial charge on any atom is -0.376 e. The number of nitrogens with zero attached hydrogens (tertiary/aromatic N) is 2. The average Bonchev–Trinajstić information content (AvgIpc) is 2.98. The van der Waals surface area contributed by atoms with Crippen molar-refractivity contribution in [3.05, 3.63) is 23.8 Å². The Hall–Kier alpha value is -2.04. The molecule has 1 N–H and O–H groups in total. The first-order chi connectivity index (χ1) is 12.0. The third-order valence-corrected chi connectivity index (χ3v) is 5.32. The molecule has 5 nitrogen and oxygen atoms in total. The second-order valence-corrected chi connectivity index (χ2v) is 7.70. The van der Waals surface area contributed by atoms with Gasteiger partial charge in [-0.15, -0.1) is 0 Å². The van der Waals surface area contributed by atoms with Crippen LogP contribution in [0.5, 0.6) is 0 Å². The number of rotatable bonds is 4. The molecule has 0 aromatic heterocycles. The molecule has 2 heterocycles. The molecule has 1 aromatic carbocycles. The third-order valence-electron chi connectivity index (χ3n) is 5.32. The summed E-state index contributed by atoms with van der Waals surface area (Å²) < 4.78 is 0. The smallest absolute Gasteiger partial charge is 0.241 e. The molecule has 25 heavy (non-hydrogen) atoms. The van der Waals surface area contributed by atoms with E-state index in [-0.39, 0.29) is 11.8 Å². The van der Waals surface area contributed by atoms with Gasteiger partial charge < -0.3 is 15.1 Å². The van der Waals surface area contributed by atoms with Gasteiger partial charge in [-0.3, -0.25) is 9.59 Å². The highest BCUT2D eigenvalue weighted by atomic mass is 16.2. The Morgan fingerprint density at radius 1 is 1.24 bits per heavy atom. The van der Waals surface area contributed by atoms with Crippen LogP contribution in [0.15, 0.2) is 18.2 Å². The van der Waals surface area contributed by atoms with E-state index in [1.807, 2.05) is 34.9 Å². The zero-order chi connectivity index (χ0) is 18.0. The highest BCUT2D eigenvalue weighted by Crippen LogP contribution is 2.30. The van der Waals surface area contributed by atoms with E-state index in [1.165, 1.54) is 6.42 Å². The first-order valence-corrected chi connectivity index (χ1v) is 9.37. The monoisotopic (exact) mass is 343 g/mol. The molecule has 0 unspecified atom stereocenters. The standard InChI is InChI=1S/C20H29N3O2/c1-14-10-15(2)13-22(12-14)20(25)11-21-17-6-4-7-18(16(17)3)23-9-5-8-19(23)24/h4,6-7,14-15,21H,5,8-13H2,1-3H3/t14-,15-/m0/s1. The molecule has 2 atom stereocenters. The van der Waals surface area contributed by atoms with Crippen molar-refractivity contribution in [2.45, 2.75) is 40.0 Å². The predicted octanol–water partition coefficient (Wildman–Crippen LogP) is 3.04. The molecule has 0 saturated carbocycles. The Morgan fingerprint density at radius 2 is 1.96 bits per heavy atom. The van der Waals surface area contributed by atoms with Crippen molar-refractivity contribution in [1.29, 1.82) is 0 Å². The van der Waals surface area contributed by atoms with Crippen LogP contribution in [0.4, 0.5) is 11.4 Å². The molecule has 2 aliphatic rings. The zero-order valence-corrected chi connectivity index (χ0v) is 15.5. The molecular weight excluding hydrogens is 314 g/mol. The summed E-state index contributed by atoms with van der Waals surface area (Å²) in [5.41, 5.74) is 2.93. The number of piperidine rings is 1. The summed E-state index contributed by atoms with van der Waals surface area (Å²) in [6.07, 6.45) is 2.74. The molecule has 136 valence electrons. The predicted molar refractivity (Wildman–Crippen MR) is 101 cm³/mol. The van der Waals surface area contributed by atoms with Gasteiger partial charge in [-0.25, -0.2) is 0 Å². The number of carbonyl (C=O) groups is 2. The Bertz CT molecular complexity index is 648. The average molecular weight is 343 g/mol. The van der Waals surface area contributed by atoms with E-state index in [0.29, 0.717) is 24.8 Å². The molecule has 2 fully saturated rings. The van der Waals surface area contributed by atoms with E-state index in [9.17, 15) is 9.59 Å². The van der Waals surface area contributed by atoms with Crippen LogP contribution in [0.25, 0.3) is 0 Å². The largest absolute Gasteiger partial charge is 0.376 e. The van der Waals surface area contributed by atoms with Crippen LogP contribution in [0.3, 0.4) is 0 Å². The summed E-state index contributed by atoms with van der Waals surface area (Å²) >= 11 is 0. The summed E-state index contributed by atoms with van der Waals surface area (Å²) in [5, 5.41) is 3.29. The molecule has 3 rings (SSSR count). The van der Waals surface area contributed by atoms with Crippen LogP contribution in [-0.4, -0.2) is 42.9 Å². The van der Waals surface area contributed by atoms with Gasteiger partial charge in [-0.05, 0) is 49.3 Å². The SMILES string of the molecule is Cc1c(NCC(=O)N2C[C@@H](C)C[C@H](C)C2)cccc1N1CCCC1=O. The van der Waals surface area contributed by atoms with Crippen molar-refractivity contribution in [2.75, 3.05) is 36.4 Å². The number of benzene rings is 1. The summed E-state index contributed by atoms with van der Waals surface area (Å²) in [4.78, 5) is 28.4. The van der Waals surface area contributed by atoms with Crippen LogP contribution < -0.4 is 10.2 Å². The topological polar surface area (TPSA) is 52.7 Å². The summed E-state index contributed by atoms with van der Waals surface area (Å²) in [5.74, 6) is 1.48. The van der Waals surface area contributed by atoms with Gasteiger partial charge >= 0.3 is 0 Å². The fourth-order valence-electron chi connectivity index (χ4n) is 4.16. The number of carbonyl (C=O) groups excluding carboxylic acids is 2. The minimum absolute atomic E-state index is 0.153. The van der Waals surface area contributed by atoms with E-state index >= 15 is 0 Å². The Kier molecular flexibility index (Phi) is 5.30. The highest BCUT2D eigenvalue weighted by Gasteiger charge is 2.26. The third kappa shape index (κ3) is 3.97. The van der Waals surface area contributed by atoms with Crippen molar-refractivity contribution in [3.8, 4) is 0 Å². The van der Waals surface area contributed by atoms with Crippen molar-refractivity contribution in [3.63, 3.8) is 0 Å². The lowest BCUT2D eigenvalue weighted by atomic mass is 9.92. The summed E-state index contributed by atoms with van der Waals surface area (Å²) in [6.45, 7) is 9.23. The molecule has 2 aliphatic heterocycles. The maximum atomic E-state index is 12.6. The Balaban J connectivity index is 1.65. The van der Waals surface area contributed by atoms with Crippen LogP contribution in [0.1, 0.15) is 38.7 Å². The van der Waals surface area contributed by atoms with Crippen molar-refractivity contribution < 1.29 is 9.59 Å². The number of hydrogen-bond donors (Lipinski definition) is 1. The highest BCUT2D eigenvalue weighted by molar-refractivity contribution is 5.97. The molecule has 1 aromatic rings. The van der Waals surface area contributed by atoms with Gasteiger partial charge in [-0.1, -0.05) is 19.9 Å². The van der Waals surface area contributed by atoms with Gasteiger partial charge in [-0.2, -0.15) is 0 Å². The quantitative estimate of drug-likeness (QED) is 0.914. The molecule has 2 amide bonds. The normalized spacial score (nSPS) is 23.9. The fraction of sp³-hybridized carbons (Fsp3) is 0.600. The van der Waals surface area contributed by atoms with Crippen molar-refractivity contribution in [2.24, 2.45) is 11.8 Å². The molecule has 0 bridgehead atoms. The zero-order valence-electron chi connectivity index (χ0n) is 15.5. The molecule has 0 spiro atoms. The van der Waals surface area contributed by atoms with Crippen LogP contribution in [-0.2, 0) is 9.59 Å². The molecule has 5 heteroatoms. The first kappa shape index (κ1) is 17.8. The van der Waals surface area contributed by atoms with Gasteiger partial charge in [0.25, 0.3) is 0 Å². The van der Waals surface area contributed by atoms with E-state index < -0.39 is 0 Å². The van der Waals surface area contributed by atoms with Crippen molar-refractivity contribution in [1.82, 2.24) is 4.90 Å². The second kappa shape index (κ2) is 7.46. The molecular formula is C20H29N3O2. The fourth-order valence-corrected chi connectivity index (χ4v) is 4.16. The van der Waals surface area contributed by atoms with Crippen LogP contribution in [0.2, 0.25) is 0 Å². The summed E-state index contributed by atoms with van der Waals surface area (Å²) in [7, 11) is 0. The minimum atomic E-state index is 0.153. The van der Waals surface area contributed by atoms with E-state index in [2.05, 4.69) is 19.2 Å². The van der Waals surface area contributed by atoms with E-state index in [1.54, 1.807) is 0 Å². The molecule has 0 radical (unpaired) electrons. The van der Waals surface area contributed by atoms with Gasteiger partial charge in [0.05, 0.1) is 6.54 Å². The maximum absolute atomic E-state index is 12.6. The van der Waals surface area contributed by atoms with Crippen LogP contribution >= 0.6 is 0 Å². The number of amides is 2. The Morgan fingerprint density at radius 3 is 2.60 bits per heavy atom. The number of likely N-dealkylation sites (tertiary alicyclic amines) is 1. The maximum Gasteiger partial charge on any atom is 0.241 e. The lowest BCUT2D eigenvalue weighted by Crippen LogP contribution is -2.44. The van der Waals surface area contributed by atoms with E-state index in [4.69, 9.17) is 0 Å². The summed E-state index contributed by atoms with van der Waals surface area (Å²) in [6, 6.07) is 5.92. The number of anilines is 2. The van der Waals surface area contributed by atoms with E-state index in [0.717, 1.165) is 43.0 Å². The molecule has 2 saturated heterocycles. The number of nitrogens with one attached hydrogen (secondary N) is 1. The lowest BCUT2D eigenvalue weighted by molar-refractivity contribution is -0.131. The van der Waals surface area contributed by atoms with Gasteiger partial charge in [0.2, 0.25) is 11.8 Å². The molecule has 0 aliphatic carbocycles. The van der Waals surface area contributed by atoms with Gasteiger partial charge in [0, 0.05) is 37.4 Å².